The number of amides is 3. The number of imide groups is 1. The minimum atomic E-state index is -0.551. The van der Waals surface area contributed by atoms with Crippen molar-refractivity contribution < 1.29 is 28.2 Å². The minimum Gasteiger partial charge on any atom is -0.490 e. The Hall–Kier alpha value is -3.63. The van der Waals surface area contributed by atoms with Crippen molar-refractivity contribution in [2.45, 2.75) is 20.5 Å². The van der Waals surface area contributed by atoms with E-state index in [-0.39, 0.29) is 23.9 Å². The second kappa shape index (κ2) is 12.3. The average molecular weight is 599 g/mol. The molecule has 0 atom stereocenters. The van der Waals surface area contributed by atoms with E-state index in [9.17, 15) is 18.8 Å². The minimum absolute atomic E-state index is 0.187. The first-order chi connectivity index (χ1) is 18.2. The molecule has 1 N–H and O–H groups in total. The number of rotatable bonds is 9. The predicted molar refractivity (Wildman–Crippen MR) is 149 cm³/mol. The number of nitrogens with zero attached hydrogens (tertiary/aromatic N) is 1. The summed E-state index contributed by atoms with van der Waals surface area (Å²) in [5.41, 5.74) is 3.01. The summed E-state index contributed by atoms with van der Waals surface area (Å²) in [6.07, 6.45) is 1.57. The third kappa shape index (κ3) is 6.81. The third-order valence-electron chi connectivity index (χ3n) is 5.44. The SMILES string of the molecule is CCOc1cc(/C=C2\SC(=O)N(CC(=O)Nc3ccc(C)cc3)C2=O)cc(Br)c1OCc1ccc(F)cc1. The molecule has 0 radical (unpaired) electrons. The van der Waals surface area contributed by atoms with E-state index in [0.717, 1.165) is 27.8 Å². The third-order valence-corrected chi connectivity index (χ3v) is 6.93. The molecule has 0 aliphatic carbocycles. The standard InChI is InChI=1S/C28H24BrFN2O5S/c1-3-36-23-13-19(12-22(29)26(23)37-16-18-6-8-20(30)9-7-18)14-24-27(34)32(28(35)38-24)15-25(33)31-21-10-4-17(2)5-11-21/h4-14H,3,15-16H2,1-2H3,(H,31,33)/b24-14-. The van der Waals surface area contributed by atoms with E-state index in [4.69, 9.17) is 9.47 Å². The lowest BCUT2D eigenvalue weighted by Crippen LogP contribution is -2.36. The Labute approximate surface area is 232 Å². The van der Waals surface area contributed by atoms with Gasteiger partial charge in [-0.2, -0.15) is 0 Å². The average Bonchev–Trinajstić information content (AvgIpc) is 3.13. The van der Waals surface area contributed by atoms with Crippen LogP contribution in [0.3, 0.4) is 0 Å². The lowest BCUT2D eigenvalue weighted by Gasteiger charge is -2.15. The van der Waals surface area contributed by atoms with Crippen molar-refractivity contribution in [1.29, 1.82) is 0 Å². The Morgan fingerprint density at radius 2 is 1.79 bits per heavy atom. The summed E-state index contributed by atoms with van der Waals surface area (Å²) in [5, 5.41) is 2.17. The van der Waals surface area contributed by atoms with Crippen LogP contribution in [0.4, 0.5) is 14.9 Å². The van der Waals surface area contributed by atoms with E-state index >= 15 is 0 Å². The van der Waals surface area contributed by atoms with E-state index in [2.05, 4.69) is 21.2 Å². The fourth-order valence-corrected chi connectivity index (χ4v) is 4.99. The van der Waals surface area contributed by atoms with Crippen molar-refractivity contribution in [1.82, 2.24) is 4.90 Å². The number of aryl methyl sites for hydroxylation is 1. The van der Waals surface area contributed by atoms with Crippen LogP contribution < -0.4 is 14.8 Å². The molecule has 1 aliphatic rings. The van der Waals surface area contributed by atoms with Crippen molar-refractivity contribution in [2.75, 3.05) is 18.5 Å². The van der Waals surface area contributed by atoms with Crippen molar-refractivity contribution in [3.05, 3.63) is 92.5 Å². The van der Waals surface area contributed by atoms with Crippen LogP contribution in [0, 0.1) is 12.7 Å². The molecule has 1 aliphatic heterocycles. The molecule has 4 rings (SSSR count). The summed E-state index contributed by atoms with van der Waals surface area (Å²) in [7, 11) is 0. The van der Waals surface area contributed by atoms with Gasteiger partial charge in [0.15, 0.2) is 11.5 Å². The highest BCUT2D eigenvalue weighted by molar-refractivity contribution is 9.10. The van der Waals surface area contributed by atoms with Gasteiger partial charge in [-0.3, -0.25) is 19.3 Å². The Bertz CT molecular complexity index is 1390. The molecule has 0 spiro atoms. The molecule has 0 saturated carbocycles. The highest BCUT2D eigenvalue weighted by Crippen LogP contribution is 2.39. The van der Waals surface area contributed by atoms with Gasteiger partial charge in [0.2, 0.25) is 5.91 Å². The van der Waals surface area contributed by atoms with E-state index in [0.29, 0.717) is 33.8 Å². The molecule has 1 fully saturated rings. The number of anilines is 1. The van der Waals surface area contributed by atoms with Crippen LogP contribution in [0.25, 0.3) is 6.08 Å². The number of benzene rings is 3. The number of carbonyl (C=O) groups excluding carboxylic acids is 3. The van der Waals surface area contributed by atoms with E-state index in [1.54, 1.807) is 42.5 Å². The quantitative estimate of drug-likeness (QED) is 0.281. The maximum atomic E-state index is 13.2. The van der Waals surface area contributed by atoms with E-state index in [1.807, 2.05) is 26.0 Å². The van der Waals surface area contributed by atoms with Crippen molar-refractivity contribution in [3.8, 4) is 11.5 Å². The molecule has 0 unspecified atom stereocenters. The van der Waals surface area contributed by atoms with Gasteiger partial charge in [0.25, 0.3) is 11.1 Å². The first-order valence-electron chi connectivity index (χ1n) is 11.7. The second-order valence-corrected chi connectivity index (χ2v) is 10.2. The van der Waals surface area contributed by atoms with Crippen LogP contribution in [-0.4, -0.2) is 35.1 Å². The van der Waals surface area contributed by atoms with Crippen molar-refractivity contribution in [3.63, 3.8) is 0 Å². The highest BCUT2D eigenvalue weighted by atomic mass is 79.9. The molecule has 7 nitrogen and oxygen atoms in total. The monoisotopic (exact) mass is 598 g/mol. The van der Waals surface area contributed by atoms with Gasteiger partial charge in [-0.1, -0.05) is 29.8 Å². The molecular weight excluding hydrogens is 575 g/mol. The van der Waals surface area contributed by atoms with Crippen LogP contribution in [0.2, 0.25) is 0 Å². The number of carbonyl (C=O) groups is 3. The molecule has 1 saturated heterocycles. The van der Waals surface area contributed by atoms with Gasteiger partial charge in [0, 0.05) is 5.69 Å². The lowest BCUT2D eigenvalue weighted by atomic mass is 10.1. The van der Waals surface area contributed by atoms with Crippen LogP contribution in [0.15, 0.2) is 70.0 Å². The highest BCUT2D eigenvalue weighted by Gasteiger charge is 2.36. The first-order valence-corrected chi connectivity index (χ1v) is 13.3. The largest absolute Gasteiger partial charge is 0.490 e. The molecule has 3 amide bonds. The number of nitrogens with one attached hydrogen (secondary N) is 1. The number of hydrogen-bond acceptors (Lipinski definition) is 6. The molecule has 1 heterocycles. The summed E-state index contributed by atoms with van der Waals surface area (Å²) in [5.74, 6) is -0.460. The van der Waals surface area contributed by atoms with Crippen LogP contribution in [0.5, 0.6) is 11.5 Å². The number of ether oxygens (including phenoxy) is 2. The Kier molecular flexibility index (Phi) is 8.85. The first kappa shape index (κ1) is 27.4. The lowest BCUT2D eigenvalue weighted by molar-refractivity contribution is -0.127. The Balaban J connectivity index is 1.48. The molecule has 0 aromatic heterocycles. The fourth-order valence-electron chi connectivity index (χ4n) is 3.58. The number of hydrogen-bond donors (Lipinski definition) is 1. The van der Waals surface area contributed by atoms with Crippen molar-refractivity contribution >= 4 is 56.5 Å². The van der Waals surface area contributed by atoms with Crippen LogP contribution >= 0.6 is 27.7 Å². The second-order valence-electron chi connectivity index (χ2n) is 8.36. The van der Waals surface area contributed by atoms with Crippen LogP contribution in [0.1, 0.15) is 23.6 Å². The van der Waals surface area contributed by atoms with Gasteiger partial charge in [-0.25, -0.2) is 4.39 Å². The van der Waals surface area contributed by atoms with Gasteiger partial charge >= 0.3 is 0 Å². The van der Waals surface area contributed by atoms with Gasteiger partial charge in [0.1, 0.15) is 19.0 Å². The Morgan fingerprint density at radius 3 is 2.47 bits per heavy atom. The molecule has 0 bridgehead atoms. The maximum Gasteiger partial charge on any atom is 0.294 e. The van der Waals surface area contributed by atoms with Crippen molar-refractivity contribution in [2.24, 2.45) is 0 Å². The fraction of sp³-hybridized carbons (Fsp3) is 0.179. The number of thioether (sulfide) groups is 1. The van der Waals surface area contributed by atoms with Gasteiger partial charge in [-0.05, 0) is 95.1 Å². The van der Waals surface area contributed by atoms with E-state index < -0.39 is 17.1 Å². The molecule has 196 valence electrons. The molecule has 38 heavy (non-hydrogen) atoms. The zero-order valence-corrected chi connectivity index (χ0v) is 23.0. The summed E-state index contributed by atoms with van der Waals surface area (Å²) < 4.78 is 25.4. The molecule has 10 heteroatoms. The summed E-state index contributed by atoms with van der Waals surface area (Å²) >= 11 is 4.26. The topological polar surface area (TPSA) is 84.9 Å². The summed E-state index contributed by atoms with van der Waals surface area (Å²) in [6, 6.07) is 16.6. The summed E-state index contributed by atoms with van der Waals surface area (Å²) in [4.78, 5) is 39.0. The molecule has 3 aromatic rings. The maximum absolute atomic E-state index is 13.2. The molecular formula is C28H24BrFN2O5S. The van der Waals surface area contributed by atoms with Gasteiger partial charge in [0.05, 0.1) is 16.0 Å². The smallest absolute Gasteiger partial charge is 0.294 e. The zero-order chi connectivity index (χ0) is 27.2. The normalized spacial score (nSPS) is 14.2. The molecule has 3 aromatic carbocycles. The van der Waals surface area contributed by atoms with E-state index in [1.165, 1.54) is 12.1 Å². The Morgan fingerprint density at radius 1 is 1.08 bits per heavy atom. The zero-order valence-electron chi connectivity index (χ0n) is 20.6. The van der Waals surface area contributed by atoms with Crippen LogP contribution in [-0.2, 0) is 16.2 Å². The van der Waals surface area contributed by atoms with Gasteiger partial charge < -0.3 is 14.8 Å². The predicted octanol–water partition coefficient (Wildman–Crippen LogP) is 6.55. The summed E-state index contributed by atoms with van der Waals surface area (Å²) in [6.45, 7) is 3.94. The van der Waals surface area contributed by atoms with Gasteiger partial charge in [-0.15, -0.1) is 0 Å². The number of halogens is 2.